The van der Waals surface area contributed by atoms with E-state index in [-0.39, 0.29) is 12.8 Å². The van der Waals surface area contributed by atoms with Gasteiger partial charge in [0, 0.05) is 13.5 Å². The summed E-state index contributed by atoms with van der Waals surface area (Å²) in [5.74, 6) is -3.40. The van der Waals surface area contributed by atoms with Crippen LogP contribution in [0.2, 0.25) is 0 Å². The van der Waals surface area contributed by atoms with Crippen LogP contribution in [0.15, 0.2) is 66.7 Å². The maximum absolute atomic E-state index is 12.9. The Morgan fingerprint density at radius 2 is 1.55 bits per heavy atom. The molecule has 0 fully saturated rings. The molecule has 0 spiro atoms. The van der Waals surface area contributed by atoms with Crippen LogP contribution < -0.4 is 16.1 Å². The van der Waals surface area contributed by atoms with E-state index in [4.69, 9.17) is 5.21 Å². The second-order valence-electron chi connectivity index (χ2n) is 6.94. The van der Waals surface area contributed by atoms with E-state index in [1.807, 2.05) is 60.7 Å². The largest absolute Gasteiger partial charge is 0.382 e. The monoisotopic (exact) mass is 425 g/mol. The topological polar surface area (TPSA) is 128 Å². The summed E-state index contributed by atoms with van der Waals surface area (Å²) < 4.78 is 0. The molecule has 0 saturated heterocycles. The Kier molecular flexibility index (Phi) is 9.41. The second kappa shape index (κ2) is 12.3. The molecule has 8 heteroatoms. The quantitative estimate of drug-likeness (QED) is 0.287. The van der Waals surface area contributed by atoms with Crippen LogP contribution in [-0.2, 0) is 20.8 Å². The zero-order chi connectivity index (χ0) is 22.6. The number of likely N-dealkylation sites (N-methyl/N-ethyl adjacent to an activating group) is 1. The minimum atomic E-state index is -1.80. The van der Waals surface area contributed by atoms with Crippen molar-refractivity contribution in [3.05, 3.63) is 77.9 Å². The van der Waals surface area contributed by atoms with E-state index < -0.39 is 35.8 Å². The van der Waals surface area contributed by atoms with Crippen LogP contribution in [0.25, 0.3) is 6.08 Å². The molecule has 5 N–H and O–H groups in total. The summed E-state index contributed by atoms with van der Waals surface area (Å²) >= 11 is 0. The van der Waals surface area contributed by atoms with Gasteiger partial charge in [-0.2, -0.15) is 0 Å². The van der Waals surface area contributed by atoms with Crippen molar-refractivity contribution < 1.29 is 24.7 Å². The van der Waals surface area contributed by atoms with Crippen LogP contribution >= 0.6 is 0 Å². The number of hydroxylamine groups is 1. The van der Waals surface area contributed by atoms with Crippen LogP contribution in [0.1, 0.15) is 17.5 Å². The van der Waals surface area contributed by atoms with Gasteiger partial charge >= 0.3 is 0 Å². The molecule has 0 bridgehead atoms. The fraction of sp³-hybridized carbons (Fsp3) is 0.261. The molecule has 2 aromatic carbocycles. The molecule has 31 heavy (non-hydrogen) atoms. The Morgan fingerprint density at radius 1 is 0.935 bits per heavy atom. The van der Waals surface area contributed by atoms with Crippen LogP contribution in [-0.4, -0.2) is 47.2 Å². The van der Waals surface area contributed by atoms with E-state index in [2.05, 4.69) is 10.6 Å². The lowest BCUT2D eigenvalue weighted by Crippen LogP contribution is -2.52. The second-order valence-corrected chi connectivity index (χ2v) is 6.94. The third-order valence-corrected chi connectivity index (χ3v) is 4.76. The molecule has 0 saturated carbocycles. The summed E-state index contributed by atoms with van der Waals surface area (Å²) in [6, 6.07) is 17.6. The molecule has 0 heterocycles. The normalized spacial score (nSPS) is 13.8. The molecule has 164 valence electrons. The lowest BCUT2D eigenvalue weighted by molar-refractivity contribution is -0.146. The van der Waals surface area contributed by atoms with Crippen molar-refractivity contribution in [3.8, 4) is 0 Å². The Morgan fingerprint density at radius 3 is 2.13 bits per heavy atom. The van der Waals surface area contributed by atoms with E-state index >= 15 is 0 Å². The van der Waals surface area contributed by atoms with E-state index in [1.165, 1.54) is 12.5 Å². The van der Waals surface area contributed by atoms with Gasteiger partial charge < -0.3 is 15.7 Å². The highest BCUT2D eigenvalue weighted by atomic mass is 16.5. The number of carbonyl (C=O) groups is 3. The molecule has 0 aliphatic heterocycles. The highest BCUT2D eigenvalue weighted by Crippen LogP contribution is 2.14. The maximum Gasteiger partial charge on any atom is 0.272 e. The number of amides is 3. The molecule has 2 aromatic rings. The first-order chi connectivity index (χ1) is 15.0. The Labute approximate surface area is 180 Å². The summed E-state index contributed by atoms with van der Waals surface area (Å²) in [5.41, 5.74) is 3.09. The summed E-state index contributed by atoms with van der Waals surface area (Å²) in [6.07, 6.45) is 1.86. The van der Waals surface area contributed by atoms with Gasteiger partial charge in [0.1, 0.15) is 12.1 Å². The van der Waals surface area contributed by atoms with Gasteiger partial charge in [0.15, 0.2) is 0 Å². The highest BCUT2D eigenvalue weighted by Gasteiger charge is 2.33. The molecule has 0 aliphatic rings. The molecule has 2 rings (SSSR count). The van der Waals surface area contributed by atoms with E-state index in [1.54, 1.807) is 12.2 Å². The lowest BCUT2D eigenvalue weighted by Gasteiger charge is -2.23. The average Bonchev–Trinajstić information content (AvgIpc) is 2.81. The smallest absolute Gasteiger partial charge is 0.272 e. The van der Waals surface area contributed by atoms with Crippen molar-refractivity contribution in [3.63, 3.8) is 0 Å². The number of hydrogen-bond acceptors (Lipinski definition) is 5. The average molecular weight is 425 g/mol. The molecule has 0 aromatic heterocycles. The fourth-order valence-electron chi connectivity index (χ4n) is 3.06. The van der Waals surface area contributed by atoms with E-state index in [9.17, 15) is 19.5 Å². The van der Waals surface area contributed by atoms with Crippen molar-refractivity contribution >= 4 is 23.8 Å². The van der Waals surface area contributed by atoms with E-state index in [0.29, 0.717) is 0 Å². The highest BCUT2D eigenvalue weighted by molar-refractivity contribution is 5.92. The van der Waals surface area contributed by atoms with Crippen LogP contribution in [0, 0.1) is 5.92 Å². The number of hydrogen-bond donors (Lipinski definition) is 5. The van der Waals surface area contributed by atoms with E-state index in [0.717, 1.165) is 11.1 Å². The van der Waals surface area contributed by atoms with Crippen LogP contribution in [0.5, 0.6) is 0 Å². The van der Waals surface area contributed by atoms with Gasteiger partial charge in [-0.3, -0.25) is 19.6 Å². The van der Waals surface area contributed by atoms with Gasteiger partial charge in [-0.15, -0.1) is 0 Å². The van der Waals surface area contributed by atoms with Gasteiger partial charge in [0.05, 0.1) is 5.92 Å². The van der Waals surface area contributed by atoms with Crippen LogP contribution in [0.4, 0.5) is 0 Å². The number of aliphatic hydroxyl groups is 1. The Hall–Kier alpha value is -3.49. The van der Waals surface area contributed by atoms with Crippen molar-refractivity contribution in [2.45, 2.75) is 25.0 Å². The summed E-state index contributed by atoms with van der Waals surface area (Å²) in [5, 5.41) is 24.3. The molecular formula is C23H27N3O5. The number of carbonyl (C=O) groups excluding carboxylic acids is 3. The fourth-order valence-corrected chi connectivity index (χ4v) is 3.06. The van der Waals surface area contributed by atoms with Gasteiger partial charge in [0.25, 0.3) is 5.91 Å². The minimum absolute atomic E-state index is 0.0150. The number of allylic oxidation sites excluding steroid dienone is 1. The number of rotatable bonds is 10. The molecule has 0 unspecified atom stereocenters. The van der Waals surface area contributed by atoms with Gasteiger partial charge in [-0.05, 0) is 17.5 Å². The molecule has 3 atom stereocenters. The van der Waals surface area contributed by atoms with Crippen molar-refractivity contribution in [1.29, 1.82) is 0 Å². The minimum Gasteiger partial charge on any atom is -0.382 e. The zero-order valence-electron chi connectivity index (χ0n) is 17.2. The lowest BCUT2D eigenvalue weighted by atomic mass is 9.95. The molecule has 0 aliphatic carbocycles. The van der Waals surface area contributed by atoms with Gasteiger partial charge in [0.2, 0.25) is 11.8 Å². The number of benzene rings is 2. The summed E-state index contributed by atoms with van der Waals surface area (Å²) in [7, 11) is 1.46. The number of aliphatic hydroxyl groups excluding tert-OH is 1. The molecule has 0 radical (unpaired) electrons. The maximum atomic E-state index is 12.9. The van der Waals surface area contributed by atoms with Crippen molar-refractivity contribution in [2.24, 2.45) is 5.92 Å². The summed E-state index contributed by atoms with van der Waals surface area (Å²) in [6.45, 7) is 0. The molecule has 8 nitrogen and oxygen atoms in total. The predicted molar refractivity (Wildman–Crippen MR) is 116 cm³/mol. The third kappa shape index (κ3) is 7.36. The molecular weight excluding hydrogens is 398 g/mol. The van der Waals surface area contributed by atoms with Crippen LogP contribution in [0.3, 0.4) is 0 Å². The zero-order valence-corrected chi connectivity index (χ0v) is 17.2. The third-order valence-electron chi connectivity index (χ3n) is 4.76. The van der Waals surface area contributed by atoms with Crippen molar-refractivity contribution in [2.75, 3.05) is 7.05 Å². The Bertz CT molecular complexity index is 887. The SMILES string of the molecule is CNC(=O)[C@H](Cc1ccccc1)NC(=O)[C@H](C/C=C/c1ccccc1)[C@H](O)C(=O)NO. The molecule has 3 amide bonds. The first-order valence-electron chi connectivity index (χ1n) is 9.85. The summed E-state index contributed by atoms with van der Waals surface area (Å²) in [4.78, 5) is 37.0. The number of nitrogens with one attached hydrogen (secondary N) is 3. The predicted octanol–water partition coefficient (Wildman–Crippen LogP) is 1.05. The Balaban J connectivity index is 2.17. The van der Waals surface area contributed by atoms with Gasteiger partial charge in [-0.25, -0.2) is 5.48 Å². The first kappa shape index (κ1) is 23.8. The standard InChI is InChI=1S/C23H27N3O5/c1-24-22(29)19(15-17-11-6-3-7-12-17)25-21(28)18(20(27)23(30)26-31)14-8-13-16-9-4-2-5-10-16/h2-13,18-20,27,31H,14-15H2,1H3,(H,24,29)(H,25,28)(H,26,30)/b13-8+/t18-,19+,20+/m1/s1. The van der Waals surface area contributed by atoms with Gasteiger partial charge in [-0.1, -0.05) is 72.8 Å². The van der Waals surface area contributed by atoms with Crippen molar-refractivity contribution in [1.82, 2.24) is 16.1 Å². The first-order valence-corrected chi connectivity index (χ1v) is 9.85.